The van der Waals surface area contributed by atoms with Crippen molar-refractivity contribution in [3.05, 3.63) is 34.5 Å². The van der Waals surface area contributed by atoms with Crippen LogP contribution in [-0.2, 0) is 16.0 Å². The Kier molecular flexibility index (Phi) is 3.72. The molecule has 0 aliphatic heterocycles. The summed E-state index contributed by atoms with van der Waals surface area (Å²) < 4.78 is 4.74. The van der Waals surface area contributed by atoms with E-state index in [0.29, 0.717) is 16.3 Å². The van der Waals surface area contributed by atoms with Crippen LogP contribution in [0.1, 0.15) is 35.3 Å². The number of rotatable bonds is 4. The Morgan fingerprint density at radius 3 is 2.76 bits per heavy atom. The Morgan fingerprint density at radius 2 is 2.14 bits per heavy atom. The first-order valence-electron chi connectivity index (χ1n) is 7.01. The number of H-pyrrole nitrogens is 1. The maximum absolute atomic E-state index is 12.6. The third kappa shape index (κ3) is 2.56. The highest BCUT2D eigenvalue weighted by Gasteiger charge is 2.30. The number of halogens is 1. The van der Waals surface area contributed by atoms with Gasteiger partial charge in [0.1, 0.15) is 0 Å². The minimum absolute atomic E-state index is 0.0740. The lowest BCUT2D eigenvalue weighted by Crippen LogP contribution is -2.23. The molecule has 0 radical (unpaired) electrons. The number of fused-ring (bicyclic) bond motifs is 1. The zero-order valence-corrected chi connectivity index (χ0v) is 12.5. The minimum atomic E-state index is -0.353. The highest BCUT2D eigenvalue weighted by atomic mass is 35.5. The molecule has 1 aliphatic rings. The smallest absolute Gasteiger partial charge is 0.310 e. The van der Waals surface area contributed by atoms with Gasteiger partial charge < -0.3 is 9.72 Å². The van der Waals surface area contributed by atoms with Crippen molar-refractivity contribution in [1.82, 2.24) is 4.98 Å². The van der Waals surface area contributed by atoms with Crippen molar-refractivity contribution in [2.45, 2.75) is 25.7 Å². The molecule has 3 rings (SSSR count). The number of benzene rings is 1. The molecule has 0 saturated heterocycles. The number of Topliss-reactive ketones (excluding diaryl/α,β-unsaturated/α-hetero) is 1. The van der Waals surface area contributed by atoms with Crippen LogP contribution in [-0.4, -0.2) is 23.8 Å². The molecule has 21 heavy (non-hydrogen) atoms. The van der Waals surface area contributed by atoms with Gasteiger partial charge in [0, 0.05) is 21.8 Å². The Labute approximate surface area is 127 Å². The second-order valence-corrected chi connectivity index (χ2v) is 5.85. The molecular weight excluding hydrogens is 290 g/mol. The number of ketones is 1. The van der Waals surface area contributed by atoms with E-state index in [2.05, 4.69) is 4.98 Å². The lowest BCUT2D eigenvalue weighted by atomic mass is 9.80. The zero-order chi connectivity index (χ0) is 15.0. The van der Waals surface area contributed by atoms with E-state index in [1.165, 1.54) is 7.11 Å². The van der Waals surface area contributed by atoms with E-state index in [4.69, 9.17) is 16.3 Å². The second kappa shape index (κ2) is 5.53. The largest absolute Gasteiger partial charge is 0.469 e. The van der Waals surface area contributed by atoms with E-state index in [1.807, 2.05) is 6.07 Å². The van der Waals surface area contributed by atoms with Crippen LogP contribution in [0.15, 0.2) is 18.2 Å². The summed E-state index contributed by atoms with van der Waals surface area (Å²) in [6.07, 6.45) is 3.03. The predicted molar refractivity (Wildman–Crippen MR) is 80.7 cm³/mol. The Morgan fingerprint density at radius 1 is 1.38 bits per heavy atom. The number of aromatic nitrogens is 1. The Balaban J connectivity index is 2.09. The summed E-state index contributed by atoms with van der Waals surface area (Å²) in [7, 11) is 1.35. The number of hydrogen-bond donors (Lipinski definition) is 1. The van der Waals surface area contributed by atoms with Gasteiger partial charge in [-0.3, -0.25) is 9.59 Å². The van der Waals surface area contributed by atoms with E-state index in [9.17, 15) is 9.59 Å². The number of hydrogen-bond acceptors (Lipinski definition) is 3. The van der Waals surface area contributed by atoms with Gasteiger partial charge in [0.15, 0.2) is 5.78 Å². The van der Waals surface area contributed by atoms with Crippen molar-refractivity contribution in [3.63, 3.8) is 0 Å². The lowest BCUT2D eigenvalue weighted by Gasteiger charge is -2.23. The number of ether oxygens (including phenoxy) is 1. The van der Waals surface area contributed by atoms with Gasteiger partial charge in [-0.2, -0.15) is 0 Å². The number of esters is 1. The molecule has 1 fully saturated rings. The molecule has 0 amide bonds. The van der Waals surface area contributed by atoms with Gasteiger partial charge in [-0.15, -0.1) is 0 Å². The van der Waals surface area contributed by atoms with Gasteiger partial charge in [-0.1, -0.05) is 24.1 Å². The zero-order valence-electron chi connectivity index (χ0n) is 11.7. The van der Waals surface area contributed by atoms with Crippen molar-refractivity contribution in [2.24, 2.45) is 5.92 Å². The molecule has 1 N–H and O–H groups in total. The van der Waals surface area contributed by atoms with Gasteiger partial charge in [0.05, 0.1) is 19.2 Å². The van der Waals surface area contributed by atoms with Crippen LogP contribution in [0.4, 0.5) is 0 Å². The normalized spacial score (nSPS) is 15.0. The molecule has 1 heterocycles. The van der Waals surface area contributed by atoms with Gasteiger partial charge in [0.25, 0.3) is 0 Å². The van der Waals surface area contributed by atoms with Crippen molar-refractivity contribution >= 4 is 34.3 Å². The van der Waals surface area contributed by atoms with Crippen LogP contribution in [0.5, 0.6) is 0 Å². The molecule has 0 atom stereocenters. The first-order valence-corrected chi connectivity index (χ1v) is 7.39. The summed E-state index contributed by atoms with van der Waals surface area (Å²) in [5.74, 6) is -0.189. The fourth-order valence-corrected chi connectivity index (χ4v) is 2.88. The van der Waals surface area contributed by atoms with Crippen LogP contribution in [0.3, 0.4) is 0 Å². The predicted octanol–water partition coefficient (Wildman–Crippen LogP) is 3.52. The maximum Gasteiger partial charge on any atom is 0.310 e. The minimum Gasteiger partial charge on any atom is -0.469 e. The third-order valence-electron chi connectivity index (χ3n) is 4.14. The van der Waals surface area contributed by atoms with Crippen LogP contribution in [0.2, 0.25) is 5.02 Å². The first-order chi connectivity index (χ1) is 10.1. The van der Waals surface area contributed by atoms with Gasteiger partial charge >= 0.3 is 5.97 Å². The number of nitrogens with one attached hydrogen (secondary N) is 1. The highest BCUT2D eigenvalue weighted by Crippen LogP contribution is 2.33. The summed E-state index contributed by atoms with van der Waals surface area (Å²) in [4.78, 5) is 27.3. The molecule has 1 aromatic heterocycles. The number of methoxy groups -OCH3 is 1. The molecule has 2 aromatic rings. The van der Waals surface area contributed by atoms with E-state index in [-0.39, 0.29) is 24.1 Å². The second-order valence-electron chi connectivity index (χ2n) is 5.41. The van der Waals surface area contributed by atoms with Crippen LogP contribution in [0.25, 0.3) is 10.9 Å². The average Bonchev–Trinajstić information content (AvgIpc) is 2.74. The standard InChI is InChI=1S/C16H16ClNO3/c1-21-14(19)8-12-11-6-5-10(17)7-13(11)18-15(12)16(20)9-3-2-4-9/h5-7,9,18H,2-4,8H2,1H3. The van der Waals surface area contributed by atoms with Crippen molar-refractivity contribution in [2.75, 3.05) is 7.11 Å². The summed E-state index contributed by atoms with van der Waals surface area (Å²) in [5.41, 5.74) is 2.02. The molecule has 1 aliphatic carbocycles. The van der Waals surface area contributed by atoms with Crippen molar-refractivity contribution in [3.8, 4) is 0 Å². The molecule has 1 aromatic carbocycles. The first kappa shape index (κ1) is 14.1. The number of aromatic amines is 1. The van der Waals surface area contributed by atoms with Crippen molar-refractivity contribution in [1.29, 1.82) is 0 Å². The summed E-state index contributed by atoms with van der Waals surface area (Å²) in [6, 6.07) is 5.37. The molecule has 1 saturated carbocycles. The van der Waals surface area contributed by atoms with E-state index in [1.54, 1.807) is 12.1 Å². The molecular formula is C16H16ClNO3. The van der Waals surface area contributed by atoms with Gasteiger partial charge in [-0.25, -0.2) is 0 Å². The van der Waals surface area contributed by atoms with Crippen LogP contribution in [0, 0.1) is 5.92 Å². The molecule has 4 nitrogen and oxygen atoms in total. The molecule has 0 unspecified atom stereocenters. The Bertz CT molecular complexity index is 716. The monoisotopic (exact) mass is 305 g/mol. The highest BCUT2D eigenvalue weighted by molar-refractivity contribution is 6.31. The number of carbonyl (C=O) groups is 2. The lowest BCUT2D eigenvalue weighted by molar-refractivity contribution is -0.139. The topological polar surface area (TPSA) is 59.2 Å². The van der Waals surface area contributed by atoms with Crippen LogP contribution >= 0.6 is 11.6 Å². The molecule has 0 bridgehead atoms. The Hall–Kier alpha value is -1.81. The SMILES string of the molecule is COC(=O)Cc1c(C(=O)C2CCC2)[nH]c2cc(Cl)ccc12. The van der Waals surface area contributed by atoms with Crippen LogP contribution < -0.4 is 0 Å². The maximum atomic E-state index is 12.6. The fourth-order valence-electron chi connectivity index (χ4n) is 2.71. The van der Waals surface area contributed by atoms with Gasteiger partial charge in [0.2, 0.25) is 0 Å². The molecule has 110 valence electrons. The van der Waals surface area contributed by atoms with E-state index in [0.717, 1.165) is 30.2 Å². The summed E-state index contributed by atoms with van der Waals surface area (Å²) in [5, 5.41) is 1.45. The number of carbonyl (C=O) groups excluding carboxylic acids is 2. The average molecular weight is 306 g/mol. The molecule has 0 spiro atoms. The summed E-state index contributed by atoms with van der Waals surface area (Å²) in [6.45, 7) is 0. The van der Waals surface area contributed by atoms with E-state index < -0.39 is 0 Å². The van der Waals surface area contributed by atoms with Gasteiger partial charge in [-0.05, 0) is 30.5 Å². The summed E-state index contributed by atoms with van der Waals surface area (Å²) >= 11 is 6.00. The quantitative estimate of drug-likeness (QED) is 0.694. The van der Waals surface area contributed by atoms with Crippen molar-refractivity contribution < 1.29 is 14.3 Å². The fraction of sp³-hybridized carbons (Fsp3) is 0.375. The van der Waals surface area contributed by atoms with E-state index >= 15 is 0 Å². The molecule has 5 heteroatoms. The third-order valence-corrected chi connectivity index (χ3v) is 4.37.